The fourth-order valence-electron chi connectivity index (χ4n) is 2.41. The zero-order valence-electron chi connectivity index (χ0n) is 15.0. The fourth-order valence-corrected chi connectivity index (χ4v) is 2.58. The van der Waals surface area contributed by atoms with Gasteiger partial charge < -0.3 is 10.6 Å². The first-order chi connectivity index (χ1) is 12.2. The molecule has 0 aromatic heterocycles. The summed E-state index contributed by atoms with van der Waals surface area (Å²) >= 11 is 5.11. The number of nitrogens with zero attached hydrogens (tertiary/aromatic N) is 1. The molecule has 140 valence electrons. The van der Waals surface area contributed by atoms with Gasteiger partial charge in [-0.15, -0.1) is 0 Å². The first kappa shape index (κ1) is 19.6. The lowest BCUT2D eigenvalue weighted by Crippen LogP contribution is -2.45. The zero-order valence-corrected chi connectivity index (χ0v) is 15.8. The number of hydrogen-bond donors (Lipinski definition) is 4. The summed E-state index contributed by atoms with van der Waals surface area (Å²) in [6.45, 7) is 5.31. The Morgan fingerprint density at radius 2 is 1.85 bits per heavy atom. The second kappa shape index (κ2) is 8.13. The number of thiocarbonyl (C=S) groups is 1. The molecular weight excluding hydrogens is 354 g/mol. The van der Waals surface area contributed by atoms with E-state index in [1.165, 1.54) is 5.56 Å². The molecule has 0 bridgehead atoms. The quantitative estimate of drug-likeness (QED) is 0.350. The molecule has 1 aliphatic rings. The van der Waals surface area contributed by atoms with Crippen LogP contribution in [-0.2, 0) is 16.0 Å². The van der Waals surface area contributed by atoms with Crippen LogP contribution in [-0.4, -0.2) is 39.9 Å². The summed E-state index contributed by atoms with van der Waals surface area (Å²) in [5.41, 5.74) is 6.10. The fraction of sp³-hybridized carbons (Fsp3) is 0.412. The monoisotopic (exact) mass is 377 g/mol. The molecule has 2 rings (SSSR count). The maximum Gasteiger partial charge on any atom is 0.325 e. The molecule has 0 unspecified atom stereocenters. The number of rotatable bonds is 5. The molecule has 0 aliphatic carbocycles. The molecule has 4 amide bonds. The molecular formula is C17H23N5O3S. The lowest BCUT2D eigenvalue weighted by molar-refractivity contribution is -0.130. The van der Waals surface area contributed by atoms with Gasteiger partial charge in [0.1, 0.15) is 5.54 Å². The summed E-state index contributed by atoms with van der Waals surface area (Å²) < 4.78 is 0. The van der Waals surface area contributed by atoms with Crippen molar-refractivity contribution in [3.8, 4) is 0 Å². The minimum absolute atomic E-state index is 0.000278. The molecule has 1 aromatic carbocycles. The van der Waals surface area contributed by atoms with E-state index in [4.69, 9.17) is 12.2 Å². The molecule has 4 N–H and O–H groups in total. The van der Waals surface area contributed by atoms with E-state index in [0.29, 0.717) is 0 Å². The van der Waals surface area contributed by atoms with Crippen molar-refractivity contribution >= 4 is 40.9 Å². The normalized spacial score (nSPS) is 15.4. The summed E-state index contributed by atoms with van der Waals surface area (Å²) in [6, 6.07) is 7.28. The number of anilines is 1. The standard InChI is InChI=1S/C17H23N5O3S/c1-4-11-5-7-12(8-6-11)18-15(26)21-20-13(23)9-10-22-14(24)17(2,3)19-16(22)25/h5-8H,4,9-10H2,1-3H3,(H,19,25)(H,20,23)(H2,18,21,26). The maximum atomic E-state index is 12.0. The van der Waals surface area contributed by atoms with Crippen LogP contribution < -0.4 is 21.5 Å². The van der Waals surface area contributed by atoms with Crippen molar-refractivity contribution in [2.45, 2.75) is 39.2 Å². The second-order valence-corrected chi connectivity index (χ2v) is 6.85. The van der Waals surface area contributed by atoms with Gasteiger partial charge in [-0.3, -0.25) is 25.3 Å². The average molecular weight is 377 g/mol. The lowest BCUT2D eigenvalue weighted by Gasteiger charge is -2.16. The smallest absolute Gasteiger partial charge is 0.325 e. The second-order valence-electron chi connectivity index (χ2n) is 6.44. The number of carbonyl (C=O) groups excluding carboxylic acids is 3. The molecule has 0 spiro atoms. The van der Waals surface area contributed by atoms with Crippen molar-refractivity contribution in [3.05, 3.63) is 29.8 Å². The van der Waals surface area contributed by atoms with Crippen LogP contribution in [0, 0.1) is 0 Å². The largest absolute Gasteiger partial charge is 0.331 e. The lowest BCUT2D eigenvalue weighted by atomic mass is 10.1. The van der Waals surface area contributed by atoms with E-state index in [1.807, 2.05) is 24.3 Å². The van der Waals surface area contributed by atoms with Crippen LogP contribution in [0.5, 0.6) is 0 Å². The topological polar surface area (TPSA) is 103 Å². The number of nitrogens with one attached hydrogen (secondary N) is 4. The van der Waals surface area contributed by atoms with Gasteiger partial charge in [-0.25, -0.2) is 4.79 Å². The molecule has 1 aliphatic heterocycles. The Kier molecular flexibility index (Phi) is 6.14. The molecule has 0 radical (unpaired) electrons. The van der Waals surface area contributed by atoms with E-state index in [-0.39, 0.29) is 29.9 Å². The SMILES string of the molecule is CCc1ccc(NC(=S)NNC(=O)CCN2C(=O)NC(C)(C)C2=O)cc1. The van der Waals surface area contributed by atoms with Crippen molar-refractivity contribution in [1.29, 1.82) is 0 Å². The number of benzene rings is 1. The minimum Gasteiger partial charge on any atom is -0.331 e. The summed E-state index contributed by atoms with van der Waals surface area (Å²) in [6.07, 6.45) is 0.920. The Morgan fingerprint density at radius 3 is 2.38 bits per heavy atom. The first-order valence-corrected chi connectivity index (χ1v) is 8.72. The molecule has 1 aromatic rings. The molecule has 9 heteroatoms. The van der Waals surface area contributed by atoms with Crippen molar-refractivity contribution < 1.29 is 14.4 Å². The number of imide groups is 1. The van der Waals surface area contributed by atoms with Gasteiger partial charge in [-0.2, -0.15) is 0 Å². The summed E-state index contributed by atoms with van der Waals surface area (Å²) in [7, 11) is 0. The van der Waals surface area contributed by atoms with Crippen LogP contribution in [0.1, 0.15) is 32.8 Å². The van der Waals surface area contributed by atoms with E-state index in [1.54, 1.807) is 13.8 Å². The summed E-state index contributed by atoms with van der Waals surface area (Å²) in [4.78, 5) is 36.7. The number of carbonyl (C=O) groups is 3. The number of hydrogen-bond acceptors (Lipinski definition) is 4. The Morgan fingerprint density at radius 1 is 1.19 bits per heavy atom. The highest BCUT2D eigenvalue weighted by Gasteiger charge is 2.43. The van der Waals surface area contributed by atoms with E-state index < -0.39 is 11.6 Å². The average Bonchev–Trinajstić information content (AvgIpc) is 2.79. The van der Waals surface area contributed by atoms with E-state index >= 15 is 0 Å². The van der Waals surface area contributed by atoms with Crippen LogP contribution in [0.2, 0.25) is 0 Å². The first-order valence-electron chi connectivity index (χ1n) is 8.32. The molecule has 1 fully saturated rings. The van der Waals surface area contributed by atoms with Gasteiger partial charge in [0.2, 0.25) is 5.91 Å². The Bertz CT molecular complexity index is 718. The van der Waals surface area contributed by atoms with Crippen LogP contribution in [0.3, 0.4) is 0 Å². The van der Waals surface area contributed by atoms with Crippen LogP contribution in [0.4, 0.5) is 10.5 Å². The van der Waals surface area contributed by atoms with Gasteiger partial charge in [0.15, 0.2) is 5.11 Å². The zero-order chi connectivity index (χ0) is 19.3. The Balaban J connectivity index is 1.73. The van der Waals surface area contributed by atoms with Crippen LogP contribution >= 0.6 is 12.2 Å². The van der Waals surface area contributed by atoms with Crippen LogP contribution in [0.15, 0.2) is 24.3 Å². The minimum atomic E-state index is -0.940. The highest BCUT2D eigenvalue weighted by molar-refractivity contribution is 7.80. The van der Waals surface area contributed by atoms with Gasteiger partial charge in [0.05, 0.1) is 0 Å². The van der Waals surface area contributed by atoms with Gasteiger partial charge in [0.25, 0.3) is 5.91 Å². The van der Waals surface area contributed by atoms with E-state index in [9.17, 15) is 14.4 Å². The number of hydrazine groups is 1. The third kappa shape index (κ3) is 4.92. The predicted molar refractivity (Wildman–Crippen MR) is 102 cm³/mol. The highest BCUT2D eigenvalue weighted by atomic mass is 32.1. The molecule has 0 atom stereocenters. The maximum absolute atomic E-state index is 12.0. The molecule has 1 heterocycles. The predicted octanol–water partition coefficient (Wildman–Crippen LogP) is 1.29. The van der Waals surface area contributed by atoms with Crippen LogP contribution in [0.25, 0.3) is 0 Å². The third-order valence-electron chi connectivity index (χ3n) is 3.94. The van der Waals surface area contributed by atoms with E-state index in [0.717, 1.165) is 17.0 Å². The summed E-state index contributed by atoms with van der Waals surface area (Å²) in [5.74, 6) is -0.739. The van der Waals surface area contributed by atoms with Gasteiger partial charge >= 0.3 is 6.03 Å². The van der Waals surface area contributed by atoms with Crippen molar-refractivity contribution in [2.24, 2.45) is 0 Å². The van der Waals surface area contributed by atoms with Gasteiger partial charge in [-0.1, -0.05) is 19.1 Å². The Hall–Kier alpha value is -2.68. The third-order valence-corrected chi connectivity index (χ3v) is 4.15. The molecule has 1 saturated heterocycles. The number of aryl methyl sites for hydroxylation is 1. The number of amides is 4. The van der Waals surface area contributed by atoms with Crippen molar-refractivity contribution in [1.82, 2.24) is 21.1 Å². The van der Waals surface area contributed by atoms with E-state index in [2.05, 4.69) is 28.4 Å². The summed E-state index contributed by atoms with van der Waals surface area (Å²) in [5, 5.41) is 5.74. The highest BCUT2D eigenvalue weighted by Crippen LogP contribution is 2.16. The van der Waals surface area contributed by atoms with Crippen molar-refractivity contribution in [3.63, 3.8) is 0 Å². The number of urea groups is 1. The van der Waals surface area contributed by atoms with Gasteiger partial charge in [0, 0.05) is 18.7 Å². The Labute approximate surface area is 157 Å². The molecule has 26 heavy (non-hydrogen) atoms. The van der Waals surface area contributed by atoms with Gasteiger partial charge in [-0.05, 0) is 50.2 Å². The van der Waals surface area contributed by atoms with Crippen molar-refractivity contribution in [2.75, 3.05) is 11.9 Å². The molecule has 8 nitrogen and oxygen atoms in total. The molecule has 0 saturated carbocycles.